The molecule has 0 aliphatic rings. The summed E-state index contributed by atoms with van der Waals surface area (Å²) in [6.07, 6.45) is -1.19. The Balaban J connectivity index is 1.68. The Morgan fingerprint density at radius 3 is 2.23 bits per heavy atom. The van der Waals surface area contributed by atoms with E-state index in [1.165, 1.54) is 7.11 Å². The molecule has 3 aromatic rings. The predicted molar refractivity (Wildman–Crippen MR) is 116 cm³/mol. The molecular weight excluding hydrogens is 396 g/mol. The molecule has 2 N–H and O–H groups in total. The van der Waals surface area contributed by atoms with Crippen LogP contribution in [-0.4, -0.2) is 31.4 Å². The topological polar surface area (TPSA) is 93.7 Å². The zero-order valence-corrected chi connectivity index (χ0v) is 16.9. The first-order valence-corrected chi connectivity index (χ1v) is 9.59. The van der Waals surface area contributed by atoms with Gasteiger partial charge in [0.1, 0.15) is 12.3 Å². The van der Waals surface area contributed by atoms with E-state index < -0.39 is 23.9 Å². The van der Waals surface area contributed by atoms with Crippen molar-refractivity contribution >= 4 is 23.5 Å². The van der Waals surface area contributed by atoms with Crippen LogP contribution in [0.25, 0.3) is 0 Å². The Kier molecular flexibility index (Phi) is 7.37. The zero-order valence-electron chi connectivity index (χ0n) is 16.9. The van der Waals surface area contributed by atoms with Gasteiger partial charge < -0.3 is 20.1 Å². The number of nitrogens with one attached hydrogen (secondary N) is 2. The molecule has 31 heavy (non-hydrogen) atoms. The molecule has 7 nitrogen and oxygen atoms in total. The first-order valence-electron chi connectivity index (χ1n) is 9.59. The van der Waals surface area contributed by atoms with Gasteiger partial charge in [-0.3, -0.25) is 14.4 Å². The maximum Gasteiger partial charge on any atom is 0.326 e. The van der Waals surface area contributed by atoms with Gasteiger partial charge in [-0.25, -0.2) is 0 Å². The molecule has 0 heterocycles. The van der Waals surface area contributed by atoms with E-state index >= 15 is 0 Å². The highest BCUT2D eigenvalue weighted by Gasteiger charge is 2.25. The molecule has 0 saturated heterocycles. The van der Waals surface area contributed by atoms with Gasteiger partial charge in [0.15, 0.2) is 0 Å². The smallest absolute Gasteiger partial charge is 0.326 e. The van der Waals surface area contributed by atoms with Crippen molar-refractivity contribution in [3.05, 3.63) is 96.1 Å². The molecule has 1 atom stereocenters. The zero-order chi connectivity index (χ0) is 22.1. The van der Waals surface area contributed by atoms with Crippen LogP contribution in [-0.2, 0) is 14.3 Å². The summed E-state index contributed by atoms with van der Waals surface area (Å²) in [4.78, 5) is 37.4. The fourth-order valence-electron chi connectivity index (χ4n) is 2.83. The molecule has 7 heteroatoms. The van der Waals surface area contributed by atoms with Crippen molar-refractivity contribution < 1.29 is 23.9 Å². The lowest BCUT2D eigenvalue weighted by molar-refractivity contribution is -0.153. The Morgan fingerprint density at radius 1 is 0.871 bits per heavy atom. The number of rotatable bonds is 8. The highest BCUT2D eigenvalue weighted by atomic mass is 16.5. The van der Waals surface area contributed by atoms with Crippen LogP contribution in [0, 0.1) is 0 Å². The van der Waals surface area contributed by atoms with Gasteiger partial charge in [0.2, 0.25) is 6.10 Å². The van der Waals surface area contributed by atoms with Crippen molar-refractivity contribution in [2.24, 2.45) is 0 Å². The van der Waals surface area contributed by atoms with E-state index in [9.17, 15) is 14.4 Å². The molecule has 158 valence electrons. The molecule has 0 aliphatic heterocycles. The minimum absolute atomic E-state index is 0.372. The van der Waals surface area contributed by atoms with E-state index in [4.69, 9.17) is 9.47 Å². The number of esters is 1. The van der Waals surface area contributed by atoms with E-state index in [0.29, 0.717) is 22.6 Å². The molecule has 0 aromatic heterocycles. The number of methoxy groups -OCH3 is 1. The quantitative estimate of drug-likeness (QED) is 0.547. The van der Waals surface area contributed by atoms with E-state index in [1.807, 2.05) is 0 Å². The lowest BCUT2D eigenvalue weighted by Crippen LogP contribution is -2.33. The third-order valence-corrected chi connectivity index (χ3v) is 4.36. The average Bonchev–Trinajstić information content (AvgIpc) is 2.82. The summed E-state index contributed by atoms with van der Waals surface area (Å²) in [6.45, 7) is -0.372. The van der Waals surface area contributed by atoms with Gasteiger partial charge in [-0.05, 0) is 24.3 Å². The Morgan fingerprint density at radius 2 is 1.55 bits per heavy atom. The molecule has 0 radical (unpaired) electrons. The molecule has 0 bridgehead atoms. The van der Waals surface area contributed by atoms with Crippen molar-refractivity contribution in [3.63, 3.8) is 0 Å². The van der Waals surface area contributed by atoms with Crippen molar-refractivity contribution in [3.8, 4) is 5.75 Å². The molecule has 0 aliphatic carbocycles. The monoisotopic (exact) mass is 418 g/mol. The molecule has 3 aromatic carbocycles. The summed E-state index contributed by atoms with van der Waals surface area (Å²) in [6, 6.07) is 24.0. The van der Waals surface area contributed by atoms with Crippen LogP contribution < -0.4 is 15.4 Å². The van der Waals surface area contributed by atoms with E-state index in [-0.39, 0.29) is 6.54 Å². The maximum absolute atomic E-state index is 12.9. The van der Waals surface area contributed by atoms with Gasteiger partial charge in [0.25, 0.3) is 11.8 Å². The summed E-state index contributed by atoms with van der Waals surface area (Å²) >= 11 is 0. The highest BCUT2D eigenvalue weighted by molar-refractivity contribution is 5.98. The first-order chi connectivity index (χ1) is 15.1. The number of carbonyl (C=O) groups excluding carboxylic acids is 3. The van der Waals surface area contributed by atoms with Crippen molar-refractivity contribution in [1.82, 2.24) is 5.32 Å². The van der Waals surface area contributed by atoms with Crippen LogP contribution in [0.2, 0.25) is 0 Å². The second kappa shape index (κ2) is 10.6. The molecule has 0 fully saturated rings. The summed E-state index contributed by atoms with van der Waals surface area (Å²) in [5.74, 6) is -1.09. The Bertz CT molecular complexity index is 1040. The van der Waals surface area contributed by atoms with E-state index in [1.54, 1.807) is 84.9 Å². The second-order valence-corrected chi connectivity index (χ2v) is 6.55. The number of benzene rings is 3. The van der Waals surface area contributed by atoms with Gasteiger partial charge in [-0.15, -0.1) is 0 Å². The van der Waals surface area contributed by atoms with Crippen LogP contribution in [0.4, 0.5) is 5.69 Å². The highest BCUT2D eigenvalue weighted by Crippen LogP contribution is 2.22. The first kappa shape index (κ1) is 21.6. The van der Waals surface area contributed by atoms with E-state index in [2.05, 4.69) is 10.6 Å². The van der Waals surface area contributed by atoms with Gasteiger partial charge in [0.05, 0.1) is 7.11 Å². The third-order valence-electron chi connectivity index (χ3n) is 4.36. The van der Waals surface area contributed by atoms with Crippen molar-refractivity contribution in [1.29, 1.82) is 0 Å². The lowest BCUT2D eigenvalue weighted by atomic mass is 10.1. The minimum atomic E-state index is -1.19. The van der Waals surface area contributed by atoms with Crippen molar-refractivity contribution in [2.45, 2.75) is 6.10 Å². The van der Waals surface area contributed by atoms with Gasteiger partial charge in [-0.2, -0.15) is 0 Å². The Hall–Kier alpha value is -4.13. The number of amides is 2. The fraction of sp³-hybridized carbons (Fsp3) is 0.125. The molecule has 2 amide bonds. The normalized spacial score (nSPS) is 11.1. The largest absolute Gasteiger partial charge is 0.497 e. The molecule has 0 unspecified atom stereocenters. The van der Waals surface area contributed by atoms with Gasteiger partial charge in [0, 0.05) is 22.9 Å². The summed E-state index contributed by atoms with van der Waals surface area (Å²) < 4.78 is 10.6. The number of hydrogen-bond donors (Lipinski definition) is 2. The summed E-state index contributed by atoms with van der Waals surface area (Å²) in [7, 11) is 1.53. The lowest BCUT2D eigenvalue weighted by Gasteiger charge is -2.18. The maximum atomic E-state index is 12.9. The third kappa shape index (κ3) is 6.17. The van der Waals surface area contributed by atoms with Crippen LogP contribution in [0.3, 0.4) is 0 Å². The summed E-state index contributed by atoms with van der Waals surface area (Å²) in [5, 5.41) is 5.23. The summed E-state index contributed by atoms with van der Waals surface area (Å²) in [5.41, 5.74) is 1.43. The van der Waals surface area contributed by atoms with Crippen LogP contribution in [0.5, 0.6) is 5.75 Å². The molecule has 0 spiro atoms. The molecule has 3 rings (SSSR count). The Labute approximate surface area is 180 Å². The van der Waals surface area contributed by atoms with Crippen LogP contribution in [0.15, 0.2) is 84.9 Å². The standard InChI is InChI=1S/C24H22N2O5/c1-30-20-14-8-13-19(15-20)26-24(29)22(17-9-4-2-5-10-17)31-21(27)16-25-23(28)18-11-6-3-7-12-18/h2-15,22H,16H2,1H3,(H,25,28)(H,26,29)/t22-/m1/s1. The van der Waals surface area contributed by atoms with Crippen LogP contribution in [0.1, 0.15) is 22.0 Å². The second-order valence-electron chi connectivity index (χ2n) is 6.55. The average molecular weight is 418 g/mol. The number of anilines is 1. The molecular formula is C24H22N2O5. The van der Waals surface area contributed by atoms with Crippen molar-refractivity contribution in [2.75, 3.05) is 19.0 Å². The minimum Gasteiger partial charge on any atom is -0.497 e. The van der Waals surface area contributed by atoms with Crippen LogP contribution >= 0.6 is 0 Å². The van der Waals surface area contributed by atoms with Gasteiger partial charge >= 0.3 is 5.97 Å². The molecule has 0 saturated carbocycles. The SMILES string of the molecule is COc1cccc(NC(=O)[C@H](OC(=O)CNC(=O)c2ccccc2)c2ccccc2)c1. The van der Waals surface area contributed by atoms with Gasteiger partial charge in [-0.1, -0.05) is 54.6 Å². The number of ether oxygens (including phenoxy) is 2. The van der Waals surface area contributed by atoms with E-state index in [0.717, 1.165) is 0 Å². The fourth-order valence-corrected chi connectivity index (χ4v) is 2.83. The number of carbonyl (C=O) groups is 3. The number of hydrogen-bond acceptors (Lipinski definition) is 5. The predicted octanol–water partition coefficient (Wildman–Crippen LogP) is 3.35.